The second kappa shape index (κ2) is 16.5. The zero-order chi connectivity index (χ0) is 9.21. The van der Waals surface area contributed by atoms with Crippen molar-refractivity contribution in [2.24, 2.45) is 0 Å². The van der Waals surface area contributed by atoms with Gasteiger partial charge in [-0.2, -0.15) is 0 Å². The van der Waals surface area contributed by atoms with Gasteiger partial charge in [-0.15, -0.1) is 8.20 Å². The summed E-state index contributed by atoms with van der Waals surface area (Å²) < 4.78 is 0. The van der Waals surface area contributed by atoms with Gasteiger partial charge in [0.1, 0.15) is 6.79 Å². The van der Waals surface area contributed by atoms with E-state index in [1.165, 1.54) is 8.20 Å². The van der Waals surface area contributed by atoms with E-state index in [0.29, 0.717) is 5.16 Å². The first-order valence-electron chi connectivity index (χ1n) is 2.53. The first kappa shape index (κ1) is 22.5. The van der Waals surface area contributed by atoms with Crippen LogP contribution in [0.5, 0.6) is 0 Å². The van der Waals surface area contributed by atoms with Crippen LogP contribution in [-0.2, 0) is 26.7 Å². The van der Waals surface area contributed by atoms with E-state index in [1.807, 2.05) is 6.79 Å². The number of carbonyl (C=O) groups is 1. The Balaban J connectivity index is -0.0000000428. The van der Waals surface area contributed by atoms with Crippen molar-refractivity contribution in [1.29, 1.82) is 0 Å². The Kier molecular flexibility index (Phi) is 33.8. The van der Waals surface area contributed by atoms with Crippen LogP contribution in [0.3, 0.4) is 0 Å². The van der Waals surface area contributed by atoms with Crippen LogP contribution >= 0.6 is 8.20 Å². The zero-order valence-electron chi connectivity index (χ0n) is 7.03. The number of hydrogen-bond acceptors (Lipinski definition) is 2. The molecule has 0 spiro atoms. The van der Waals surface area contributed by atoms with Gasteiger partial charge in [0.2, 0.25) is 0 Å². The molecule has 4 heteroatoms. The summed E-state index contributed by atoms with van der Waals surface area (Å²) in [6.45, 7) is 13.0. The molecular formula is C7H13FeO2P. The summed E-state index contributed by atoms with van der Waals surface area (Å²) in [5, 5.41) is 0.403. The second-order valence-corrected chi connectivity index (χ2v) is 3.99. The minimum Gasteiger partial charge on any atom is -0.307 e. The number of rotatable bonds is 0. The summed E-state index contributed by atoms with van der Waals surface area (Å²) in [5.41, 5.74) is 0. The summed E-state index contributed by atoms with van der Waals surface area (Å²) in [6.07, 6.45) is 3.73. The van der Waals surface area contributed by atoms with Crippen molar-refractivity contribution in [1.82, 2.24) is 0 Å². The molecule has 66 valence electrons. The molecule has 0 N–H and O–H groups in total. The monoisotopic (exact) mass is 216 g/mol. The molecule has 2 radical (unpaired) electrons. The Hall–Kier alpha value is 0.0295. The third-order valence-electron chi connectivity index (χ3n) is 0.474. The summed E-state index contributed by atoms with van der Waals surface area (Å²) in [7, 11) is 1.22. The summed E-state index contributed by atoms with van der Waals surface area (Å²) in [4.78, 5) is 15.5. The van der Waals surface area contributed by atoms with Crippen molar-refractivity contribution < 1.29 is 26.7 Å². The van der Waals surface area contributed by atoms with Crippen molar-refractivity contribution in [3.05, 3.63) is 0 Å². The maximum atomic E-state index is 8.00. The van der Waals surface area contributed by atoms with E-state index in [1.54, 1.807) is 0 Å². The van der Waals surface area contributed by atoms with E-state index in [2.05, 4.69) is 33.9 Å². The Morgan fingerprint density at radius 1 is 1.18 bits per heavy atom. The van der Waals surface area contributed by atoms with Crippen LogP contribution in [0.2, 0.25) is 0 Å². The summed E-state index contributed by atoms with van der Waals surface area (Å²) in [6, 6.07) is 0. The molecule has 0 aliphatic rings. The molecule has 0 aromatic heterocycles. The standard InChI is InChI=1S/C5H11P.CH2O.CO.Fe/c1-5(2,3)6-4;2*1-2;/h4H2,1-3H3;1H2;;. The normalized spacial score (nSPS) is 7.55. The quantitative estimate of drug-likeness (QED) is 0.455. The largest absolute Gasteiger partial charge is 0.307 e. The molecule has 0 saturated carbocycles. The molecule has 0 aliphatic carbocycles. The molecule has 11 heavy (non-hydrogen) atoms. The van der Waals surface area contributed by atoms with Gasteiger partial charge in [0.05, 0.1) is 0 Å². The maximum absolute atomic E-state index is 8.00. The number of carbonyl (C=O) groups excluding carboxylic acids is 2. The minimum atomic E-state index is 0. The first-order valence-corrected chi connectivity index (χ1v) is 3.61. The van der Waals surface area contributed by atoms with Crippen LogP contribution in [0.15, 0.2) is 0 Å². The maximum Gasteiger partial charge on any atom is 0.281 e. The summed E-state index contributed by atoms with van der Waals surface area (Å²) >= 11 is 0. The fourth-order valence-corrected chi connectivity index (χ4v) is 0. The molecule has 0 aliphatic heterocycles. The van der Waals surface area contributed by atoms with E-state index in [9.17, 15) is 0 Å². The second-order valence-electron chi connectivity index (χ2n) is 2.33. The van der Waals surface area contributed by atoms with Crippen LogP contribution in [0.1, 0.15) is 20.8 Å². The van der Waals surface area contributed by atoms with Gasteiger partial charge in [-0.05, 0) is 0 Å². The molecule has 0 fully saturated rings. The van der Waals surface area contributed by atoms with Crippen LogP contribution in [0.4, 0.5) is 0 Å². The molecule has 0 heterocycles. The van der Waals surface area contributed by atoms with Crippen LogP contribution < -0.4 is 0 Å². The molecular weight excluding hydrogens is 203 g/mol. The molecule has 0 bridgehead atoms. The smallest absolute Gasteiger partial charge is 0.281 e. The van der Waals surface area contributed by atoms with Gasteiger partial charge in [0.25, 0.3) is 6.79 Å². The Morgan fingerprint density at radius 3 is 1.27 bits per heavy atom. The third-order valence-corrected chi connectivity index (χ3v) is 1.42. The van der Waals surface area contributed by atoms with E-state index in [-0.39, 0.29) is 17.1 Å². The molecule has 0 aromatic carbocycles. The van der Waals surface area contributed by atoms with E-state index >= 15 is 0 Å². The van der Waals surface area contributed by atoms with Crippen molar-refractivity contribution in [3.8, 4) is 0 Å². The SMILES string of the molecule is C=O.C=PC(C)(C)C.[C]=O.[Fe]. The fourth-order valence-electron chi connectivity index (χ4n) is 0. The molecule has 0 rings (SSSR count). The molecule has 0 aromatic rings. The third kappa shape index (κ3) is 70.5. The van der Waals surface area contributed by atoms with Crippen molar-refractivity contribution in [2.45, 2.75) is 25.9 Å². The predicted molar refractivity (Wildman–Crippen MR) is 46.6 cm³/mol. The molecule has 0 unspecified atom stereocenters. The van der Waals surface area contributed by atoms with Gasteiger partial charge < -0.3 is 4.79 Å². The first-order chi connectivity index (χ1) is 4.56. The van der Waals surface area contributed by atoms with Crippen LogP contribution in [0, 0.1) is 0 Å². The zero-order valence-corrected chi connectivity index (χ0v) is 9.03. The van der Waals surface area contributed by atoms with Crippen molar-refractivity contribution in [2.75, 3.05) is 0 Å². The molecule has 2 nitrogen and oxygen atoms in total. The van der Waals surface area contributed by atoms with Gasteiger partial charge in [0, 0.05) is 22.2 Å². The Bertz CT molecular complexity index is 79.0. The van der Waals surface area contributed by atoms with Gasteiger partial charge >= 0.3 is 0 Å². The fraction of sp³-hybridized carbons (Fsp3) is 0.571. The minimum absolute atomic E-state index is 0. The predicted octanol–water partition coefficient (Wildman–Crippen LogP) is 1.58. The molecule has 0 saturated heterocycles. The van der Waals surface area contributed by atoms with Gasteiger partial charge in [-0.3, -0.25) is 4.79 Å². The Labute approximate surface area is 81.0 Å². The van der Waals surface area contributed by atoms with Crippen molar-refractivity contribution in [3.63, 3.8) is 0 Å². The summed E-state index contributed by atoms with van der Waals surface area (Å²) in [5.74, 6) is 0. The van der Waals surface area contributed by atoms with Crippen LogP contribution in [0.25, 0.3) is 0 Å². The van der Waals surface area contributed by atoms with E-state index < -0.39 is 0 Å². The van der Waals surface area contributed by atoms with Gasteiger partial charge in [-0.25, -0.2) is 0 Å². The van der Waals surface area contributed by atoms with Crippen molar-refractivity contribution >= 4 is 28.1 Å². The average Bonchev–Trinajstić information content (AvgIpc) is 1.95. The van der Waals surface area contributed by atoms with E-state index in [0.717, 1.165) is 0 Å². The Morgan fingerprint density at radius 2 is 1.27 bits per heavy atom. The topological polar surface area (TPSA) is 34.1 Å². The molecule has 0 atom stereocenters. The molecule has 0 amide bonds. The van der Waals surface area contributed by atoms with Gasteiger partial charge in [0.15, 0.2) is 0 Å². The van der Waals surface area contributed by atoms with Gasteiger partial charge in [-0.1, -0.05) is 27.1 Å². The van der Waals surface area contributed by atoms with E-state index in [4.69, 9.17) is 9.59 Å². The number of hydrogen-bond donors (Lipinski definition) is 0. The average molecular weight is 216 g/mol. The van der Waals surface area contributed by atoms with Crippen LogP contribution in [-0.4, -0.2) is 25.0 Å².